The third kappa shape index (κ3) is 3.29. The number of nitrogens with one attached hydrogen (secondary N) is 1. The molecule has 1 N–H and O–H groups in total. The number of aromatic nitrogens is 1. The van der Waals surface area contributed by atoms with Crippen molar-refractivity contribution in [2.24, 2.45) is 11.8 Å². The van der Waals surface area contributed by atoms with Crippen LogP contribution in [0.5, 0.6) is 0 Å². The largest absolute Gasteiger partial charge is 0.312 e. The second-order valence-electron chi connectivity index (χ2n) is 5.90. The molecule has 0 radical (unpaired) electrons. The molecule has 2 rings (SSSR count). The van der Waals surface area contributed by atoms with Gasteiger partial charge in [-0.25, -0.2) is 0 Å². The van der Waals surface area contributed by atoms with Crippen molar-refractivity contribution in [2.45, 2.75) is 45.6 Å². The smallest absolute Gasteiger partial charge is 0.0794 e. The zero-order chi connectivity index (χ0) is 11.6. The number of rotatable bonds is 4. The van der Waals surface area contributed by atoms with E-state index in [4.69, 9.17) is 0 Å². The van der Waals surface area contributed by atoms with E-state index in [0.29, 0.717) is 0 Å². The molecule has 1 aliphatic rings. The quantitative estimate of drug-likeness (QED) is 0.872. The Hall–Kier alpha value is -0.410. The Morgan fingerprint density at radius 2 is 2.12 bits per heavy atom. The van der Waals surface area contributed by atoms with Crippen molar-refractivity contribution in [3.63, 3.8) is 0 Å². The van der Waals surface area contributed by atoms with Crippen molar-refractivity contribution in [1.82, 2.24) is 10.3 Å². The Morgan fingerprint density at radius 3 is 2.62 bits per heavy atom. The van der Waals surface area contributed by atoms with Crippen LogP contribution in [0.3, 0.4) is 0 Å². The lowest BCUT2D eigenvalue weighted by atomic mass is 9.71. The third-order valence-corrected chi connectivity index (χ3v) is 4.22. The molecule has 16 heavy (non-hydrogen) atoms. The minimum absolute atomic E-state index is 0.255. The minimum Gasteiger partial charge on any atom is -0.312 e. The Morgan fingerprint density at radius 1 is 1.38 bits per heavy atom. The number of hydrogen-bond acceptors (Lipinski definition) is 3. The molecule has 0 aliphatic heterocycles. The third-order valence-electron chi connectivity index (χ3n) is 3.42. The van der Waals surface area contributed by atoms with Crippen LogP contribution in [0.15, 0.2) is 11.7 Å². The summed E-state index contributed by atoms with van der Waals surface area (Å²) < 4.78 is 0. The fourth-order valence-electron chi connectivity index (χ4n) is 2.21. The van der Waals surface area contributed by atoms with E-state index < -0.39 is 0 Å². The van der Waals surface area contributed by atoms with Crippen LogP contribution < -0.4 is 5.32 Å². The lowest BCUT2D eigenvalue weighted by molar-refractivity contribution is 0.160. The summed E-state index contributed by atoms with van der Waals surface area (Å²) in [7, 11) is 0. The van der Waals surface area contributed by atoms with E-state index in [1.165, 1.54) is 30.7 Å². The Labute approximate surface area is 102 Å². The SMILES string of the molecule is CC(C)(C)NCC1CCC1Cc1cncs1. The number of thiazole rings is 1. The highest BCUT2D eigenvalue weighted by molar-refractivity contribution is 7.09. The molecular weight excluding hydrogens is 216 g/mol. The summed E-state index contributed by atoms with van der Waals surface area (Å²) in [5.74, 6) is 1.76. The van der Waals surface area contributed by atoms with Crippen LogP contribution in [-0.2, 0) is 6.42 Å². The highest BCUT2D eigenvalue weighted by Gasteiger charge is 2.31. The average Bonchev–Trinajstić information content (AvgIpc) is 2.63. The van der Waals surface area contributed by atoms with Crippen LogP contribution >= 0.6 is 11.3 Å². The molecule has 2 nitrogen and oxygen atoms in total. The molecule has 2 unspecified atom stereocenters. The van der Waals surface area contributed by atoms with Crippen LogP contribution in [0.4, 0.5) is 0 Å². The van der Waals surface area contributed by atoms with Gasteiger partial charge >= 0.3 is 0 Å². The van der Waals surface area contributed by atoms with Crippen molar-refractivity contribution in [2.75, 3.05) is 6.54 Å². The molecule has 1 saturated carbocycles. The van der Waals surface area contributed by atoms with Gasteiger partial charge in [-0.15, -0.1) is 11.3 Å². The van der Waals surface area contributed by atoms with E-state index in [-0.39, 0.29) is 5.54 Å². The van der Waals surface area contributed by atoms with Gasteiger partial charge in [-0.3, -0.25) is 4.98 Å². The summed E-state index contributed by atoms with van der Waals surface area (Å²) in [5, 5.41) is 3.62. The van der Waals surface area contributed by atoms with Gasteiger partial charge in [0.25, 0.3) is 0 Å². The van der Waals surface area contributed by atoms with Crippen molar-refractivity contribution in [3.8, 4) is 0 Å². The molecule has 0 aromatic carbocycles. The van der Waals surface area contributed by atoms with Gasteiger partial charge in [0.2, 0.25) is 0 Å². The highest BCUT2D eigenvalue weighted by atomic mass is 32.1. The van der Waals surface area contributed by atoms with E-state index in [2.05, 4.69) is 31.1 Å². The fraction of sp³-hybridized carbons (Fsp3) is 0.769. The summed E-state index contributed by atoms with van der Waals surface area (Å²) >= 11 is 1.79. The monoisotopic (exact) mass is 238 g/mol. The second kappa shape index (κ2) is 4.84. The van der Waals surface area contributed by atoms with Gasteiger partial charge in [0, 0.05) is 16.6 Å². The molecule has 1 aliphatic carbocycles. The topological polar surface area (TPSA) is 24.9 Å². The molecule has 0 amide bonds. The van der Waals surface area contributed by atoms with Crippen molar-refractivity contribution in [1.29, 1.82) is 0 Å². The van der Waals surface area contributed by atoms with Crippen molar-refractivity contribution < 1.29 is 0 Å². The zero-order valence-electron chi connectivity index (χ0n) is 10.5. The van der Waals surface area contributed by atoms with Crippen LogP contribution in [0, 0.1) is 11.8 Å². The van der Waals surface area contributed by atoms with Gasteiger partial charge in [-0.2, -0.15) is 0 Å². The zero-order valence-corrected chi connectivity index (χ0v) is 11.3. The molecule has 2 atom stereocenters. The van der Waals surface area contributed by atoms with Gasteiger partial charge in [0.1, 0.15) is 0 Å². The van der Waals surface area contributed by atoms with Crippen LogP contribution in [-0.4, -0.2) is 17.1 Å². The van der Waals surface area contributed by atoms with Gasteiger partial charge in [0.15, 0.2) is 0 Å². The molecular formula is C13H22N2S. The van der Waals surface area contributed by atoms with Crippen molar-refractivity contribution in [3.05, 3.63) is 16.6 Å². The van der Waals surface area contributed by atoms with E-state index in [1.54, 1.807) is 11.3 Å². The number of hydrogen-bond donors (Lipinski definition) is 1. The minimum atomic E-state index is 0.255. The molecule has 1 aromatic rings. The van der Waals surface area contributed by atoms with Crippen LogP contribution in [0.1, 0.15) is 38.5 Å². The summed E-state index contributed by atoms with van der Waals surface area (Å²) in [6, 6.07) is 0. The molecule has 1 heterocycles. The maximum Gasteiger partial charge on any atom is 0.0794 e. The van der Waals surface area contributed by atoms with E-state index >= 15 is 0 Å². The first kappa shape index (κ1) is 12.1. The maximum absolute atomic E-state index is 4.15. The summed E-state index contributed by atoms with van der Waals surface area (Å²) in [4.78, 5) is 5.60. The van der Waals surface area contributed by atoms with Gasteiger partial charge < -0.3 is 5.32 Å². The highest BCUT2D eigenvalue weighted by Crippen LogP contribution is 2.37. The fourth-order valence-corrected chi connectivity index (χ4v) is 2.90. The Bertz CT molecular complexity index is 313. The first-order valence-corrected chi connectivity index (χ1v) is 7.05. The Balaban J connectivity index is 1.76. The summed E-state index contributed by atoms with van der Waals surface area (Å²) in [5.41, 5.74) is 2.20. The lowest BCUT2D eigenvalue weighted by Gasteiger charge is -2.38. The summed E-state index contributed by atoms with van der Waals surface area (Å²) in [6.45, 7) is 7.89. The molecule has 0 bridgehead atoms. The molecule has 0 saturated heterocycles. The van der Waals surface area contributed by atoms with E-state index in [0.717, 1.165) is 11.8 Å². The van der Waals surface area contributed by atoms with Gasteiger partial charge in [-0.1, -0.05) is 0 Å². The summed E-state index contributed by atoms with van der Waals surface area (Å²) in [6.07, 6.45) is 6.05. The first-order chi connectivity index (χ1) is 7.54. The second-order valence-corrected chi connectivity index (χ2v) is 6.87. The van der Waals surface area contributed by atoms with Gasteiger partial charge in [-0.05, 0) is 58.4 Å². The molecule has 1 aromatic heterocycles. The molecule has 1 fully saturated rings. The molecule has 0 spiro atoms. The van der Waals surface area contributed by atoms with Gasteiger partial charge in [0.05, 0.1) is 5.51 Å². The van der Waals surface area contributed by atoms with Crippen molar-refractivity contribution >= 4 is 11.3 Å². The maximum atomic E-state index is 4.15. The van der Waals surface area contributed by atoms with Crippen LogP contribution in [0.2, 0.25) is 0 Å². The first-order valence-electron chi connectivity index (χ1n) is 6.17. The predicted molar refractivity (Wildman–Crippen MR) is 69.8 cm³/mol. The standard InChI is InChI=1S/C13H22N2S/c1-13(2,3)15-7-11-5-4-10(11)6-12-8-14-9-16-12/h8-11,15H,4-7H2,1-3H3. The number of nitrogens with zero attached hydrogens (tertiary/aromatic N) is 1. The van der Waals surface area contributed by atoms with Crippen LogP contribution in [0.25, 0.3) is 0 Å². The normalized spacial score (nSPS) is 25.4. The van der Waals surface area contributed by atoms with E-state index in [9.17, 15) is 0 Å². The lowest BCUT2D eigenvalue weighted by Crippen LogP contribution is -2.44. The van der Waals surface area contributed by atoms with E-state index in [1.807, 2.05) is 11.7 Å². The molecule has 3 heteroatoms. The molecule has 90 valence electrons. The predicted octanol–water partition coefficient (Wildman–Crippen LogP) is 3.10. The Kier molecular flexibility index (Phi) is 3.65. The average molecular weight is 238 g/mol.